The van der Waals surface area contributed by atoms with Gasteiger partial charge in [0.2, 0.25) is 12.6 Å². The molecule has 0 aliphatic carbocycles. The second-order valence-corrected chi connectivity index (χ2v) is 2.65. The number of rotatable bonds is 3. The lowest BCUT2D eigenvalue weighted by molar-refractivity contribution is -0.384. The zero-order chi connectivity index (χ0) is 9.84. The van der Waals surface area contributed by atoms with Gasteiger partial charge in [-0.2, -0.15) is 0 Å². The van der Waals surface area contributed by atoms with Gasteiger partial charge < -0.3 is 29.2 Å². The van der Waals surface area contributed by atoms with E-state index in [1.807, 2.05) is 0 Å². The minimum Gasteiger partial charge on any atom is -0.382 e. The van der Waals surface area contributed by atoms with Gasteiger partial charge >= 0.3 is 0 Å². The van der Waals surface area contributed by atoms with Gasteiger partial charge in [-0.25, -0.2) is 0 Å². The van der Waals surface area contributed by atoms with Crippen LogP contribution >= 0.6 is 0 Å². The summed E-state index contributed by atoms with van der Waals surface area (Å²) in [4.78, 5) is 0. The summed E-state index contributed by atoms with van der Waals surface area (Å²) in [5.41, 5.74) is 0. The van der Waals surface area contributed by atoms with Gasteiger partial charge in [0.25, 0.3) is 0 Å². The molecule has 1 aliphatic rings. The fraction of sp³-hybridized carbons (Fsp3) is 1.00. The van der Waals surface area contributed by atoms with E-state index in [1.165, 1.54) is 14.2 Å². The van der Waals surface area contributed by atoms with E-state index in [0.717, 1.165) is 0 Å². The highest BCUT2D eigenvalue weighted by atomic mass is 16.8. The van der Waals surface area contributed by atoms with Crippen LogP contribution in [0.2, 0.25) is 0 Å². The maximum absolute atomic E-state index is 9.24. The highest BCUT2D eigenvalue weighted by Gasteiger charge is 2.37. The number of hydrogen-bond donors (Lipinski definition) is 2. The number of aliphatic hydroxyl groups is 2. The SMILES string of the molecule is COCC1OC(OC)C(O)OC1O. The molecule has 1 heterocycles. The normalized spacial score (nSPS) is 40.6. The van der Waals surface area contributed by atoms with Crippen LogP contribution in [0.5, 0.6) is 0 Å². The van der Waals surface area contributed by atoms with Crippen LogP contribution in [0.25, 0.3) is 0 Å². The molecule has 0 aromatic carbocycles. The van der Waals surface area contributed by atoms with Crippen molar-refractivity contribution in [3.05, 3.63) is 0 Å². The van der Waals surface area contributed by atoms with Crippen LogP contribution < -0.4 is 0 Å². The van der Waals surface area contributed by atoms with Gasteiger partial charge in [-0.15, -0.1) is 0 Å². The highest BCUT2D eigenvalue weighted by Crippen LogP contribution is 2.18. The van der Waals surface area contributed by atoms with Crippen molar-refractivity contribution in [1.29, 1.82) is 0 Å². The molecule has 6 heteroatoms. The first-order valence-electron chi connectivity index (χ1n) is 3.87. The third-order valence-electron chi connectivity index (χ3n) is 1.70. The Balaban J connectivity index is 2.48. The average molecular weight is 194 g/mol. The van der Waals surface area contributed by atoms with Crippen molar-refractivity contribution in [1.82, 2.24) is 0 Å². The van der Waals surface area contributed by atoms with E-state index in [-0.39, 0.29) is 6.61 Å². The van der Waals surface area contributed by atoms with Gasteiger partial charge in [-0.05, 0) is 0 Å². The van der Waals surface area contributed by atoms with E-state index in [2.05, 4.69) is 0 Å². The van der Waals surface area contributed by atoms with Crippen LogP contribution in [0.15, 0.2) is 0 Å². The summed E-state index contributed by atoms with van der Waals surface area (Å²) in [5, 5.41) is 18.4. The summed E-state index contributed by atoms with van der Waals surface area (Å²) in [6.45, 7) is 0.174. The molecular weight excluding hydrogens is 180 g/mol. The molecule has 0 spiro atoms. The highest BCUT2D eigenvalue weighted by molar-refractivity contribution is 4.68. The van der Waals surface area contributed by atoms with Gasteiger partial charge in [-0.1, -0.05) is 0 Å². The molecule has 0 bridgehead atoms. The molecule has 13 heavy (non-hydrogen) atoms. The Morgan fingerprint density at radius 2 is 1.85 bits per heavy atom. The van der Waals surface area contributed by atoms with Crippen molar-refractivity contribution < 1.29 is 29.2 Å². The van der Waals surface area contributed by atoms with Crippen LogP contribution in [-0.4, -0.2) is 56.0 Å². The molecule has 1 aliphatic heterocycles. The largest absolute Gasteiger partial charge is 0.382 e. The maximum Gasteiger partial charge on any atom is 0.209 e. The summed E-state index contributed by atoms with van der Waals surface area (Å²) in [6, 6.07) is 0. The zero-order valence-electron chi connectivity index (χ0n) is 7.54. The van der Waals surface area contributed by atoms with E-state index in [9.17, 15) is 5.11 Å². The fourth-order valence-electron chi connectivity index (χ4n) is 1.06. The Kier molecular flexibility index (Phi) is 4.04. The van der Waals surface area contributed by atoms with Gasteiger partial charge in [0, 0.05) is 14.2 Å². The van der Waals surface area contributed by atoms with Gasteiger partial charge in [0.05, 0.1) is 6.61 Å². The molecule has 4 atom stereocenters. The van der Waals surface area contributed by atoms with Gasteiger partial charge in [0.15, 0.2) is 6.29 Å². The van der Waals surface area contributed by atoms with Crippen molar-refractivity contribution in [2.24, 2.45) is 0 Å². The van der Waals surface area contributed by atoms with Gasteiger partial charge in [-0.3, -0.25) is 0 Å². The number of hydrogen-bond acceptors (Lipinski definition) is 6. The van der Waals surface area contributed by atoms with Crippen molar-refractivity contribution in [2.75, 3.05) is 20.8 Å². The van der Waals surface area contributed by atoms with Crippen molar-refractivity contribution >= 4 is 0 Å². The lowest BCUT2D eigenvalue weighted by atomic mass is 10.3. The van der Waals surface area contributed by atoms with E-state index >= 15 is 0 Å². The predicted molar refractivity (Wildman–Crippen MR) is 40.6 cm³/mol. The summed E-state index contributed by atoms with van der Waals surface area (Å²) in [7, 11) is 2.85. The van der Waals surface area contributed by atoms with Crippen molar-refractivity contribution in [3.63, 3.8) is 0 Å². The van der Waals surface area contributed by atoms with E-state index in [0.29, 0.717) is 0 Å². The first-order valence-corrected chi connectivity index (χ1v) is 3.87. The number of methoxy groups -OCH3 is 2. The molecule has 1 fully saturated rings. The molecule has 6 nitrogen and oxygen atoms in total. The second kappa shape index (κ2) is 4.85. The van der Waals surface area contributed by atoms with E-state index in [1.54, 1.807) is 0 Å². The van der Waals surface area contributed by atoms with Crippen LogP contribution in [0.4, 0.5) is 0 Å². The van der Waals surface area contributed by atoms with Crippen LogP contribution in [0, 0.1) is 0 Å². The third-order valence-corrected chi connectivity index (χ3v) is 1.70. The molecule has 0 amide bonds. The van der Waals surface area contributed by atoms with Crippen LogP contribution in [0.1, 0.15) is 0 Å². The molecule has 78 valence electrons. The molecule has 0 saturated carbocycles. The summed E-state index contributed by atoms with van der Waals surface area (Å²) in [5.74, 6) is 0. The molecule has 0 radical (unpaired) electrons. The molecular formula is C7H14O6. The topological polar surface area (TPSA) is 77.4 Å². The summed E-state index contributed by atoms with van der Waals surface area (Å²) < 4.78 is 19.4. The Morgan fingerprint density at radius 1 is 1.15 bits per heavy atom. The number of ether oxygens (including phenoxy) is 4. The molecule has 2 N–H and O–H groups in total. The smallest absolute Gasteiger partial charge is 0.209 e. The van der Waals surface area contributed by atoms with E-state index < -0.39 is 25.0 Å². The third kappa shape index (κ3) is 2.60. The zero-order valence-corrected chi connectivity index (χ0v) is 7.54. The standard InChI is InChI=1S/C7H14O6/c1-10-3-4-5(8)13-6(9)7(11-2)12-4/h4-9H,3H2,1-2H3. The average Bonchev–Trinajstić information content (AvgIpc) is 2.10. The lowest BCUT2D eigenvalue weighted by Crippen LogP contribution is -2.51. The van der Waals surface area contributed by atoms with Crippen molar-refractivity contribution in [3.8, 4) is 0 Å². The van der Waals surface area contributed by atoms with Gasteiger partial charge in [0.1, 0.15) is 6.10 Å². The maximum atomic E-state index is 9.24. The Bertz CT molecular complexity index is 152. The Labute approximate surface area is 76.0 Å². The molecule has 4 unspecified atom stereocenters. The quantitative estimate of drug-likeness (QED) is 0.579. The lowest BCUT2D eigenvalue weighted by Gasteiger charge is -2.35. The molecule has 0 aromatic heterocycles. The minimum atomic E-state index is -1.27. The first-order chi connectivity index (χ1) is 6.19. The summed E-state index contributed by atoms with van der Waals surface area (Å²) >= 11 is 0. The minimum absolute atomic E-state index is 0.174. The number of aliphatic hydroxyl groups excluding tert-OH is 2. The van der Waals surface area contributed by atoms with Crippen molar-refractivity contribution in [2.45, 2.75) is 25.0 Å². The molecule has 1 saturated heterocycles. The molecule has 0 aromatic rings. The predicted octanol–water partition coefficient (Wildman–Crippen LogP) is -1.34. The monoisotopic (exact) mass is 194 g/mol. The molecule has 1 rings (SSSR count). The Hall–Kier alpha value is -0.240. The van der Waals surface area contributed by atoms with Crippen LogP contribution in [0.3, 0.4) is 0 Å². The first kappa shape index (κ1) is 10.8. The van der Waals surface area contributed by atoms with E-state index in [4.69, 9.17) is 24.1 Å². The fourth-order valence-corrected chi connectivity index (χ4v) is 1.06. The Morgan fingerprint density at radius 3 is 2.38 bits per heavy atom. The second-order valence-electron chi connectivity index (χ2n) is 2.65. The van der Waals surface area contributed by atoms with Crippen LogP contribution in [-0.2, 0) is 18.9 Å². The summed E-state index contributed by atoms with van der Waals surface area (Å²) in [6.07, 6.45) is -3.99.